The molecular weight excluding hydrogens is 284 g/mol. The van der Waals surface area contributed by atoms with Gasteiger partial charge in [-0.25, -0.2) is 4.98 Å². The number of aliphatic hydroxyl groups is 1. The lowest BCUT2D eigenvalue weighted by atomic mass is 9.99. The van der Waals surface area contributed by atoms with Gasteiger partial charge in [0.1, 0.15) is 10.6 Å². The number of nitrogens with zero attached hydrogens (tertiary/aromatic N) is 2. The van der Waals surface area contributed by atoms with E-state index in [2.05, 4.69) is 27.5 Å². The van der Waals surface area contributed by atoms with E-state index in [1.807, 2.05) is 11.4 Å². The standard InChI is InChI=1S/C15H22N4OS/c1-2-8-16-14-17-12(11-5-9-21-13(11)18-14)19-15(10-20)6-3-4-7-15/h5,9,20H,2-4,6-8,10H2,1H3,(H2,16,17,18,19). The fourth-order valence-electron chi connectivity index (χ4n) is 2.89. The molecule has 3 N–H and O–H groups in total. The second-order valence-corrected chi connectivity index (χ2v) is 6.63. The van der Waals surface area contributed by atoms with Gasteiger partial charge in [0.15, 0.2) is 0 Å². The van der Waals surface area contributed by atoms with Gasteiger partial charge in [-0.2, -0.15) is 4.98 Å². The van der Waals surface area contributed by atoms with Crippen molar-refractivity contribution < 1.29 is 5.11 Å². The molecule has 2 aromatic heterocycles. The molecule has 21 heavy (non-hydrogen) atoms. The number of thiophene rings is 1. The van der Waals surface area contributed by atoms with Crippen LogP contribution in [0, 0.1) is 0 Å². The van der Waals surface area contributed by atoms with Crippen molar-refractivity contribution in [1.82, 2.24) is 9.97 Å². The molecule has 1 fully saturated rings. The number of nitrogens with one attached hydrogen (secondary N) is 2. The summed E-state index contributed by atoms with van der Waals surface area (Å²) >= 11 is 1.62. The molecule has 0 unspecified atom stereocenters. The van der Waals surface area contributed by atoms with Crippen LogP contribution in [0.15, 0.2) is 11.4 Å². The van der Waals surface area contributed by atoms with E-state index < -0.39 is 0 Å². The predicted octanol–water partition coefficient (Wildman–Crippen LogP) is 3.23. The minimum Gasteiger partial charge on any atom is -0.394 e. The molecule has 0 aromatic carbocycles. The van der Waals surface area contributed by atoms with Crippen LogP contribution in [0.1, 0.15) is 39.0 Å². The zero-order valence-corrected chi connectivity index (χ0v) is 13.2. The molecule has 6 heteroatoms. The first-order valence-electron chi connectivity index (χ1n) is 7.64. The molecule has 1 aliphatic rings. The first kappa shape index (κ1) is 14.5. The van der Waals surface area contributed by atoms with Gasteiger partial charge in [-0.3, -0.25) is 0 Å². The van der Waals surface area contributed by atoms with Crippen LogP contribution < -0.4 is 10.6 Å². The molecule has 0 saturated heterocycles. The quantitative estimate of drug-likeness (QED) is 0.764. The number of aliphatic hydroxyl groups excluding tert-OH is 1. The molecule has 2 aromatic rings. The lowest BCUT2D eigenvalue weighted by molar-refractivity contribution is 0.214. The van der Waals surface area contributed by atoms with E-state index >= 15 is 0 Å². The van der Waals surface area contributed by atoms with Gasteiger partial charge >= 0.3 is 0 Å². The van der Waals surface area contributed by atoms with Gasteiger partial charge in [0, 0.05) is 6.54 Å². The Morgan fingerprint density at radius 2 is 2.14 bits per heavy atom. The van der Waals surface area contributed by atoms with Gasteiger partial charge in [-0.15, -0.1) is 11.3 Å². The third-order valence-electron chi connectivity index (χ3n) is 4.11. The molecule has 1 aliphatic carbocycles. The number of anilines is 2. The van der Waals surface area contributed by atoms with Gasteiger partial charge < -0.3 is 15.7 Å². The topological polar surface area (TPSA) is 70.1 Å². The Kier molecular flexibility index (Phi) is 4.26. The average Bonchev–Trinajstić information content (AvgIpc) is 3.14. The maximum absolute atomic E-state index is 9.79. The smallest absolute Gasteiger partial charge is 0.226 e. The van der Waals surface area contributed by atoms with Crippen LogP contribution in [0.5, 0.6) is 0 Å². The monoisotopic (exact) mass is 306 g/mol. The van der Waals surface area contributed by atoms with Crippen molar-refractivity contribution in [2.75, 3.05) is 23.8 Å². The number of fused-ring (bicyclic) bond motifs is 1. The fraction of sp³-hybridized carbons (Fsp3) is 0.600. The molecule has 0 aliphatic heterocycles. The van der Waals surface area contributed by atoms with E-state index in [0.29, 0.717) is 5.95 Å². The highest BCUT2D eigenvalue weighted by Crippen LogP contribution is 2.35. The van der Waals surface area contributed by atoms with Crippen LogP contribution >= 0.6 is 11.3 Å². The van der Waals surface area contributed by atoms with Gasteiger partial charge in [0.05, 0.1) is 17.5 Å². The minimum absolute atomic E-state index is 0.153. The maximum atomic E-state index is 9.79. The van der Waals surface area contributed by atoms with Crippen LogP contribution in [0.4, 0.5) is 11.8 Å². The van der Waals surface area contributed by atoms with E-state index in [-0.39, 0.29) is 12.1 Å². The third-order valence-corrected chi connectivity index (χ3v) is 4.91. The van der Waals surface area contributed by atoms with Gasteiger partial charge in [-0.1, -0.05) is 19.8 Å². The zero-order chi connectivity index (χ0) is 14.7. The summed E-state index contributed by atoms with van der Waals surface area (Å²) in [5.41, 5.74) is -0.217. The van der Waals surface area contributed by atoms with Crippen molar-refractivity contribution in [1.29, 1.82) is 0 Å². The Hall–Kier alpha value is -1.40. The largest absolute Gasteiger partial charge is 0.394 e. The van der Waals surface area contributed by atoms with Crippen molar-refractivity contribution in [2.45, 2.75) is 44.6 Å². The highest BCUT2D eigenvalue weighted by molar-refractivity contribution is 7.16. The lowest BCUT2D eigenvalue weighted by Crippen LogP contribution is -2.39. The van der Waals surface area contributed by atoms with Gasteiger partial charge in [0.25, 0.3) is 0 Å². The third kappa shape index (κ3) is 2.96. The molecule has 0 radical (unpaired) electrons. The summed E-state index contributed by atoms with van der Waals surface area (Å²) in [4.78, 5) is 10.2. The summed E-state index contributed by atoms with van der Waals surface area (Å²) in [5.74, 6) is 1.51. The normalized spacial score (nSPS) is 17.2. The van der Waals surface area contributed by atoms with Gasteiger partial charge in [0.2, 0.25) is 5.95 Å². The van der Waals surface area contributed by atoms with Crippen molar-refractivity contribution in [2.24, 2.45) is 0 Å². The Labute approximate surface area is 128 Å². The van der Waals surface area contributed by atoms with Crippen LogP contribution in [0.2, 0.25) is 0 Å². The summed E-state index contributed by atoms with van der Waals surface area (Å²) in [5, 5.41) is 19.6. The van der Waals surface area contributed by atoms with E-state index in [4.69, 9.17) is 0 Å². The molecule has 0 bridgehead atoms. The SMILES string of the molecule is CCCNc1nc(NC2(CO)CCCC2)c2ccsc2n1. The first-order chi connectivity index (χ1) is 10.3. The minimum atomic E-state index is -0.217. The van der Waals surface area contributed by atoms with Crippen molar-refractivity contribution in [3.63, 3.8) is 0 Å². The molecule has 0 atom stereocenters. The first-order valence-corrected chi connectivity index (χ1v) is 8.52. The maximum Gasteiger partial charge on any atom is 0.226 e. The number of aromatic nitrogens is 2. The second kappa shape index (κ2) is 6.15. The van der Waals surface area contributed by atoms with Crippen molar-refractivity contribution >= 4 is 33.3 Å². The van der Waals surface area contributed by atoms with Crippen molar-refractivity contribution in [3.05, 3.63) is 11.4 Å². The van der Waals surface area contributed by atoms with E-state index in [1.54, 1.807) is 11.3 Å². The highest BCUT2D eigenvalue weighted by Gasteiger charge is 2.34. The van der Waals surface area contributed by atoms with E-state index in [0.717, 1.165) is 54.7 Å². The molecule has 5 nitrogen and oxygen atoms in total. The summed E-state index contributed by atoms with van der Waals surface area (Å²) in [7, 11) is 0. The summed E-state index contributed by atoms with van der Waals surface area (Å²) in [6.07, 6.45) is 5.35. The Bertz CT molecular complexity index is 607. The Morgan fingerprint density at radius 1 is 1.33 bits per heavy atom. The number of rotatable bonds is 6. The van der Waals surface area contributed by atoms with Crippen molar-refractivity contribution in [3.8, 4) is 0 Å². The molecule has 114 valence electrons. The average molecular weight is 306 g/mol. The lowest BCUT2D eigenvalue weighted by Gasteiger charge is -2.29. The molecular formula is C15H22N4OS. The van der Waals surface area contributed by atoms with E-state index in [1.165, 1.54) is 0 Å². The van der Waals surface area contributed by atoms with Gasteiger partial charge in [-0.05, 0) is 30.7 Å². The fourth-order valence-corrected chi connectivity index (χ4v) is 3.66. The number of hydrogen-bond donors (Lipinski definition) is 3. The summed E-state index contributed by atoms with van der Waals surface area (Å²) < 4.78 is 0. The molecule has 1 saturated carbocycles. The summed E-state index contributed by atoms with van der Waals surface area (Å²) in [6.45, 7) is 3.14. The molecule has 2 heterocycles. The second-order valence-electron chi connectivity index (χ2n) is 5.73. The predicted molar refractivity (Wildman–Crippen MR) is 88.1 cm³/mol. The summed E-state index contributed by atoms with van der Waals surface area (Å²) in [6, 6.07) is 2.05. The number of hydrogen-bond acceptors (Lipinski definition) is 6. The van der Waals surface area contributed by atoms with Crippen LogP contribution in [0.3, 0.4) is 0 Å². The molecule has 0 spiro atoms. The van der Waals surface area contributed by atoms with Crippen LogP contribution in [-0.2, 0) is 0 Å². The molecule has 0 amide bonds. The van der Waals surface area contributed by atoms with E-state index in [9.17, 15) is 5.11 Å². The Morgan fingerprint density at radius 3 is 2.86 bits per heavy atom. The van der Waals surface area contributed by atoms with Crippen LogP contribution in [0.25, 0.3) is 10.2 Å². The Balaban J connectivity index is 1.93. The molecule has 3 rings (SSSR count). The highest BCUT2D eigenvalue weighted by atomic mass is 32.1. The zero-order valence-electron chi connectivity index (χ0n) is 12.4. The van der Waals surface area contributed by atoms with Crippen LogP contribution in [-0.4, -0.2) is 33.8 Å².